The first kappa shape index (κ1) is 12.0. The van der Waals surface area contributed by atoms with Gasteiger partial charge < -0.3 is 10.2 Å². The summed E-state index contributed by atoms with van der Waals surface area (Å²) < 4.78 is 0. The molecule has 0 saturated heterocycles. The van der Waals surface area contributed by atoms with Gasteiger partial charge in [-0.05, 0) is 74.7 Å². The zero-order valence-electron chi connectivity index (χ0n) is 11.6. The average Bonchev–Trinajstić information content (AvgIpc) is 2.80. The molecule has 0 amide bonds. The Kier molecular flexibility index (Phi) is 2.77. The van der Waals surface area contributed by atoms with Crippen LogP contribution in [-0.4, -0.2) is 16.3 Å². The molecule has 2 heteroatoms. The highest BCUT2D eigenvalue weighted by Gasteiger charge is 2.44. The molecule has 4 aliphatic carbocycles. The summed E-state index contributed by atoms with van der Waals surface area (Å²) in [4.78, 5) is 0. The van der Waals surface area contributed by atoms with E-state index in [0.29, 0.717) is 5.92 Å². The maximum absolute atomic E-state index is 10.0. The Balaban J connectivity index is 1.64. The summed E-state index contributed by atoms with van der Waals surface area (Å²) >= 11 is 0. The molecule has 4 atom stereocenters. The van der Waals surface area contributed by atoms with Crippen LogP contribution in [0.3, 0.4) is 0 Å². The first-order valence-electron chi connectivity index (χ1n) is 8.03. The predicted octanol–water partition coefficient (Wildman–Crippen LogP) is 3.87. The maximum atomic E-state index is 10.0. The minimum Gasteiger partial charge on any atom is -0.512 e. The van der Waals surface area contributed by atoms with Crippen LogP contribution in [0.1, 0.15) is 57.8 Å². The molecule has 2 N–H and O–H groups in total. The Morgan fingerprint density at radius 2 is 1.53 bits per heavy atom. The zero-order valence-corrected chi connectivity index (χ0v) is 11.6. The Morgan fingerprint density at radius 1 is 0.789 bits per heavy atom. The molecule has 0 heterocycles. The molecule has 19 heavy (non-hydrogen) atoms. The van der Waals surface area contributed by atoms with Crippen molar-refractivity contribution in [3.05, 3.63) is 22.5 Å². The predicted molar refractivity (Wildman–Crippen MR) is 74.7 cm³/mol. The molecular formula is C17H24O2. The monoisotopic (exact) mass is 260 g/mol. The highest BCUT2D eigenvalue weighted by Crippen LogP contribution is 2.55. The molecule has 0 aromatic rings. The molecule has 4 rings (SSSR count). The van der Waals surface area contributed by atoms with Crippen LogP contribution in [0.15, 0.2) is 22.5 Å². The quantitative estimate of drug-likeness (QED) is 0.649. The highest BCUT2D eigenvalue weighted by atomic mass is 16.3. The van der Waals surface area contributed by atoms with E-state index in [1.807, 2.05) is 0 Å². The molecule has 0 aliphatic heterocycles. The van der Waals surface area contributed by atoms with E-state index in [1.54, 1.807) is 11.1 Å². The lowest BCUT2D eigenvalue weighted by Crippen LogP contribution is -2.35. The number of hydrogen-bond acceptors (Lipinski definition) is 2. The normalized spacial score (nSPS) is 41.9. The van der Waals surface area contributed by atoms with Crippen LogP contribution in [0.4, 0.5) is 0 Å². The molecule has 0 radical (unpaired) electrons. The van der Waals surface area contributed by atoms with Crippen LogP contribution in [0.25, 0.3) is 0 Å². The summed E-state index contributed by atoms with van der Waals surface area (Å²) in [7, 11) is 0. The van der Waals surface area contributed by atoms with Crippen molar-refractivity contribution in [2.24, 2.45) is 17.8 Å². The van der Waals surface area contributed by atoms with Gasteiger partial charge in [-0.15, -0.1) is 0 Å². The number of aliphatic hydroxyl groups is 2. The topological polar surface area (TPSA) is 40.5 Å². The minimum atomic E-state index is -0.0788. The number of hydrogen-bond donors (Lipinski definition) is 2. The molecule has 1 saturated carbocycles. The Bertz CT molecular complexity index is 460. The summed E-state index contributed by atoms with van der Waals surface area (Å²) in [6.07, 6.45) is 9.95. The summed E-state index contributed by atoms with van der Waals surface area (Å²) in [6.45, 7) is 0. The van der Waals surface area contributed by atoms with E-state index in [2.05, 4.69) is 0 Å². The molecule has 104 valence electrons. The van der Waals surface area contributed by atoms with Crippen molar-refractivity contribution in [1.29, 1.82) is 0 Å². The fourth-order valence-corrected chi connectivity index (χ4v) is 5.35. The van der Waals surface area contributed by atoms with Crippen molar-refractivity contribution >= 4 is 0 Å². The Hall–Kier alpha value is -0.760. The van der Waals surface area contributed by atoms with Crippen LogP contribution >= 0.6 is 0 Å². The second kappa shape index (κ2) is 4.37. The van der Waals surface area contributed by atoms with E-state index in [0.717, 1.165) is 49.7 Å². The van der Waals surface area contributed by atoms with E-state index >= 15 is 0 Å². The highest BCUT2D eigenvalue weighted by molar-refractivity contribution is 5.31. The second-order valence-electron chi connectivity index (χ2n) is 6.99. The lowest BCUT2D eigenvalue weighted by molar-refractivity contribution is 0.134. The molecule has 1 fully saturated rings. The van der Waals surface area contributed by atoms with Crippen molar-refractivity contribution in [1.82, 2.24) is 0 Å². The van der Waals surface area contributed by atoms with E-state index in [9.17, 15) is 10.2 Å². The van der Waals surface area contributed by atoms with Crippen molar-refractivity contribution in [2.45, 2.75) is 63.9 Å². The molecular weight excluding hydrogens is 236 g/mol. The van der Waals surface area contributed by atoms with E-state index < -0.39 is 0 Å². The summed E-state index contributed by atoms with van der Waals surface area (Å²) in [5.41, 5.74) is 4.71. The van der Waals surface area contributed by atoms with Gasteiger partial charge in [0.2, 0.25) is 0 Å². The average molecular weight is 260 g/mol. The van der Waals surface area contributed by atoms with Crippen LogP contribution in [0.2, 0.25) is 0 Å². The van der Waals surface area contributed by atoms with Crippen molar-refractivity contribution in [3.63, 3.8) is 0 Å². The third-order valence-electron chi connectivity index (χ3n) is 6.18. The van der Waals surface area contributed by atoms with Crippen molar-refractivity contribution in [2.75, 3.05) is 0 Å². The van der Waals surface area contributed by atoms with Gasteiger partial charge >= 0.3 is 0 Å². The number of fused-ring (bicyclic) bond motifs is 4. The van der Waals surface area contributed by atoms with E-state index in [4.69, 9.17) is 0 Å². The van der Waals surface area contributed by atoms with Gasteiger partial charge in [0, 0.05) is 6.42 Å². The minimum absolute atomic E-state index is 0.0788. The van der Waals surface area contributed by atoms with Gasteiger partial charge in [0.15, 0.2) is 0 Å². The van der Waals surface area contributed by atoms with Crippen molar-refractivity contribution < 1.29 is 10.2 Å². The van der Waals surface area contributed by atoms with Gasteiger partial charge in [-0.1, -0.05) is 11.1 Å². The van der Waals surface area contributed by atoms with Crippen LogP contribution in [-0.2, 0) is 0 Å². The number of rotatable bonds is 0. The first-order chi connectivity index (χ1) is 9.24. The van der Waals surface area contributed by atoms with Crippen LogP contribution in [0, 0.1) is 17.8 Å². The lowest BCUT2D eigenvalue weighted by Gasteiger charge is -2.45. The largest absolute Gasteiger partial charge is 0.512 e. The fraction of sp³-hybridized carbons (Fsp3) is 0.765. The van der Waals surface area contributed by atoms with E-state index in [1.165, 1.54) is 31.3 Å². The smallest absolute Gasteiger partial charge is 0.0917 e. The third kappa shape index (κ3) is 1.79. The van der Waals surface area contributed by atoms with Gasteiger partial charge in [0.1, 0.15) is 0 Å². The van der Waals surface area contributed by atoms with Crippen LogP contribution in [0.5, 0.6) is 0 Å². The SMILES string of the molecule is OC1=C2CCC3C4=C(CCC3C2CC1)CC(O)CC4. The van der Waals surface area contributed by atoms with Gasteiger partial charge in [0.25, 0.3) is 0 Å². The standard InChI is InChI=1S/C17H24O2/c18-11-2-4-12-10(9-11)1-3-14-13(12)5-6-16-15(14)7-8-17(16)19/h11,13-15,18-19H,1-9H2. The molecule has 4 aliphatic rings. The van der Waals surface area contributed by atoms with Crippen LogP contribution < -0.4 is 0 Å². The molecule has 2 nitrogen and oxygen atoms in total. The van der Waals surface area contributed by atoms with Gasteiger partial charge in [-0.25, -0.2) is 0 Å². The second-order valence-corrected chi connectivity index (χ2v) is 6.99. The van der Waals surface area contributed by atoms with Gasteiger partial charge in [-0.2, -0.15) is 0 Å². The lowest BCUT2D eigenvalue weighted by atomic mass is 9.60. The Labute approximate surface area is 115 Å². The van der Waals surface area contributed by atoms with Gasteiger partial charge in [0.05, 0.1) is 11.9 Å². The third-order valence-corrected chi connectivity index (χ3v) is 6.18. The number of aliphatic hydroxyl groups excluding tert-OH is 2. The fourth-order valence-electron chi connectivity index (χ4n) is 5.35. The molecule has 4 unspecified atom stereocenters. The molecule has 0 bridgehead atoms. The zero-order chi connectivity index (χ0) is 13.0. The van der Waals surface area contributed by atoms with E-state index in [-0.39, 0.29) is 6.10 Å². The number of allylic oxidation sites excluding steroid dienone is 3. The summed E-state index contributed by atoms with van der Waals surface area (Å²) in [5, 5.41) is 19.9. The maximum Gasteiger partial charge on any atom is 0.0917 e. The molecule has 0 spiro atoms. The molecule has 0 aromatic carbocycles. The molecule has 0 aromatic heterocycles. The summed E-state index contributed by atoms with van der Waals surface area (Å²) in [5.74, 6) is 2.97. The summed E-state index contributed by atoms with van der Waals surface area (Å²) in [6, 6.07) is 0. The van der Waals surface area contributed by atoms with Crippen molar-refractivity contribution in [3.8, 4) is 0 Å². The first-order valence-corrected chi connectivity index (χ1v) is 8.03. The Morgan fingerprint density at radius 3 is 2.42 bits per heavy atom. The van der Waals surface area contributed by atoms with Gasteiger partial charge in [-0.3, -0.25) is 0 Å².